The Morgan fingerprint density at radius 3 is 2.16 bits per heavy atom. The van der Waals surface area contributed by atoms with E-state index in [2.05, 4.69) is 5.32 Å². The van der Waals surface area contributed by atoms with Gasteiger partial charge in [-0.3, -0.25) is 9.59 Å². The van der Waals surface area contributed by atoms with Crippen molar-refractivity contribution in [3.63, 3.8) is 0 Å². The summed E-state index contributed by atoms with van der Waals surface area (Å²) in [6.07, 6.45) is 5.27. The molecule has 0 bridgehead atoms. The minimum atomic E-state index is -0.513. The van der Waals surface area contributed by atoms with Crippen LogP contribution in [0.2, 0.25) is 0 Å². The summed E-state index contributed by atoms with van der Waals surface area (Å²) < 4.78 is 5.46. The number of ether oxygens (including phenoxy) is 1. The molecule has 7 heteroatoms. The SMILES string of the molecule is CC(C)(C)OC(=O)N1CCC(C(=O)N(Cc2ccc(C(=O)NC3CC3)cc2)C2CC2)CC1. The van der Waals surface area contributed by atoms with E-state index in [0.29, 0.717) is 50.1 Å². The van der Waals surface area contributed by atoms with Crippen LogP contribution in [0.3, 0.4) is 0 Å². The molecule has 32 heavy (non-hydrogen) atoms. The summed E-state index contributed by atoms with van der Waals surface area (Å²) in [6, 6.07) is 8.26. The van der Waals surface area contributed by atoms with Gasteiger partial charge in [0.05, 0.1) is 0 Å². The quantitative estimate of drug-likeness (QED) is 0.730. The van der Waals surface area contributed by atoms with Crippen molar-refractivity contribution in [3.8, 4) is 0 Å². The lowest BCUT2D eigenvalue weighted by Gasteiger charge is -2.35. The minimum absolute atomic E-state index is 0.0223. The topological polar surface area (TPSA) is 79.0 Å². The third kappa shape index (κ3) is 6.02. The van der Waals surface area contributed by atoms with Crippen LogP contribution in [0.4, 0.5) is 4.79 Å². The van der Waals surface area contributed by atoms with Crippen LogP contribution >= 0.6 is 0 Å². The first-order valence-electron chi connectivity index (χ1n) is 11.9. The number of likely N-dealkylation sites (tertiary alicyclic amines) is 1. The van der Waals surface area contributed by atoms with E-state index < -0.39 is 5.60 Å². The van der Waals surface area contributed by atoms with Crippen LogP contribution in [0.1, 0.15) is 75.2 Å². The van der Waals surface area contributed by atoms with Gasteiger partial charge in [-0.05, 0) is 77.0 Å². The van der Waals surface area contributed by atoms with Crippen molar-refractivity contribution >= 4 is 17.9 Å². The van der Waals surface area contributed by atoms with Crippen molar-refractivity contribution in [3.05, 3.63) is 35.4 Å². The molecule has 3 amide bonds. The van der Waals surface area contributed by atoms with E-state index in [1.807, 2.05) is 49.9 Å². The zero-order chi connectivity index (χ0) is 22.9. The highest BCUT2D eigenvalue weighted by Gasteiger charge is 2.38. The second-order valence-electron chi connectivity index (χ2n) is 10.4. The van der Waals surface area contributed by atoms with E-state index in [-0.39, 0.29) is 23.8 Å². The van der Waals surface area contributed by atoms with Gasteiger partial charge in [-0.15, -0.1) is 0 Å². The smallest absolute Gasteiger partial charge is 0.410 e. The van der Waals surface area contributed by atoms with E-state index in [9.17, 15) is 14.4 Å². The second-order valence-corrected chi connectivity index (χ2v) is 10.4. The van der Waals surface area contributed by atoms with Crippen LogP contribution in [0.5, 0.6) is 0 Å². The van der Waals surface area contributed by atoms with E-state index in [1.54, 1.807) is 4.90 Å². The predicted octanol–water partition coefficient (Wildman–Crippen LogP) is 3.72. The molecule has 174 valence electrons. The number of carbonyl (C=O) groups is 3. The maximum absolute atomic E-state index is 13.3. The number of hydrogen-bond acceptors (Lipinski definition) is 4. The van der Waals surface area contributed by atoms with Gasteiger partial charge in [0.15, 0.2) is 0 Å². The minimum Gasteiger partial charge on any atom is -0.444 e. The molecule has 0 spiro atoms. The molecule has 3 aliphatic rings. The van der Waals surface area contributed by atoms with Crippen LogP contribution < -0.4 is 5.32 Å². The first-order chi connectivity index (χ1) is 15.2. The van der Waals surface area contributed by atoms with Crippen molar-refractivity contribution < 1.29 is 19.1 Å². The molecule has 3 fully saturated rings. The Kier molecular flexibility index (Phi) is 6.45. The third-order valence-corrected chi connectivity index (χ3v) is 6.25. The second kappa shape index (κ2) is 9.12. The Morgan fingerprint density at radius 2 is 1.62 bits per heavy atom. The highest BCUT2D eigenvalue weighted by molar-refractivity contribution is 5.94. The summed E-state index contributed by atoms with van der Waals surface area (Å²) in [7, 11) is 0. The fraction of sp³-hybridized carbons (Fsp3) is 0.640. The highest BCUT2D eigenvalue weighted by atomic mass is 16.6. The molecule has 7 nitrogen and oxygen atoms in total. The number of hydrogen-bond donors (Lipinski definition) is 1. The van der Waals surface area contributed by atoms with E-state index in [4.69, 9.17) is 4.74 Å². The molecule has 0 unspecified atom stereocenters. The number of benzene rings is 1. The summed E-state index contributed by atoms with van der Waals surface area (Å²) in [4.78, 5) is 41.5. The van der Waals surface area contributed by atoms with Gasteiger partial charge in [0, 0.05) is 43.2 Å². The van der Waals surface area contributed by atoms with Crippen LogP contribution in [0.15, 0.2) is 24.3 Å². The van der Waals surface area contributed by atoms with Crippen LogP contribution in [-0.2, 0) is 16.1 Å². The van der Waals surface area contributed by atoms with E-state index in [1.165, 1.54) is 0 Å². The Bertz CT molecular complexity index is 845. The number of carbonyl (C=O) groups excluding carboxylic acids is 3. The fourth-order valence-electron chi connectivity index (χ4n) is 4.10. The highest BCUT2D eigenvalue weighted by Crippen LogP contribution is 2.32. The molecule has 0 atom stereocenters. The Hall–Kier alpha value is -2.57. The van der Waals surface area contributed by atoms with Crippen molar-refractivity contribution in [2.24, 2.45) is 5.92 Å². The average molecular weight is 442 g/mol. The van der Waals surface area contributed by atoms with E-state index >= 15 is 0 Å². The monoisotopic (exact) mass is 441 g/mol. The molecule has 4 rings (SSSR count). The fourth-order valence-corrected chi connectivity index (χ4v) is 4.10. The van der Waals surface area contributed by atoms with Gasteiger partial charge in [0.1, 0.15) is 5.60 Å². The van der Waals surface area contributed by atoms with Crippen molar-refractivity contribution in [1.82, 2.24) is 15.1 Å². The Morgan fingerprint density at radius 1 is 1.00 bits per heavy atom. The Labute approximate surface area is 190 Å². The van der Waals surface area contributed by atoms with Gasteiger partial charge in [0.2, 0.25) is 5.91 Å². The van der Waals surface area contributed by atoms with Crippen molar-refractivity contribution in [2.75, 3.05) is 13.1 Å². The zero-order valence-corrected chi connectivity index (χ0v) is 19.4. The van der Waals surface area contributed by atoms with Gasteiger partial charge in [0.25, 0.3) is 5.91 Å². The summed E-state index contributed by atoms with van der Waals surface area (Å²) in [5.74, 6) is 0.107. The molecule has 1 aromatic rings. The van der Waals surface area contributed by atoms with Gasteiger partial charge in [-0.1, -0.05) is 12.1 Å². The maximum Gasteiger partial charge on any atom is 0.410 e. The zero-order valence-electron chi connectivity index (χ0n) is 19.4. The van der Waals surface area contributed by atoms with Crippen LogP contribution in [-0.4, -0.2) is 58.5 Å². The molecule has 1 N–H and O–H groups in total. The van der Waals surface area contributed by atoms with Gasteiger partial charge in [-0.2, -0.15) is 0 Å². The van der Waals surface area contributed by atoms with Crippen molar-refractivity contribution in [1.29, 1.82) is 0 Å². The third-order valence-electron chi connectivity index (χ3n) is 6.25. The molecule has 1 aliphatic heterocycles. The first kappa shape index (κ1) is 22.6. The molecule has 1 saturated heterocycles. The summed E-state index contributed by atoms with van der Waals surface area (Å²) in [5.41, 5.74) is 1.19. The van der Waals surface area contributed by atoms with Gasteiger partial charge < -0.3 is 19.9 Å². The largest absolute Gasteiger partial charge is 0.444 e. The number of amides is 3. The molecular formula is C25H35N3O4. The number of piperidine rings is 1. The van der Waals surface area contributed by atoms with Crippen LogP contribution in [0.25, 0.3) is 0 Å². The number of nitrogens with one attached hydrogen (secondary N) is 1. The summed E-state index contributed by atoms with van der Waals surface area (Å²) >= 11 is 0. The molecule has 2 aliphatic carbocycles. The molecule has 2 saturated carbocycles. The number of rotatable bonds is 6. The van der Waals surface area contributed by atoms with E-state index in [0.717, 1.165) is 31.2 Å². The standard InChI is InChI=1S/C25H35N3O4/c1-25(2,3)32-24(31)27-14-12-19(13-15-27)23(30)28(21-10-11-21)16-17-4-6-18(7-5-17)22(29)26-20-8-9-20/h4-7,19-21H,8-16H2,1-3H3,(H,26,29). The number of nitrogens with zero attached hydrogens (tertiary/aromatic N) is 2. The lowest BCUT2D eigenvalue weighted by atomic mass is 9.95. The summed E-state index contributed by atoms with van der Waals surface area (Å²) in [5, 5.41) is 3.00. The molecular weight excluding hydrogens is 406 g/mol. The molecule has 1 heterocycles. The maximum atomic E-state index is 13.3. The lowest BCUT2D eigenvalue weighted by molar-refractivity contribution is -0.138. The average Bonchev–Trinajstić information content (AvgIpc) is 3.66. The normalized spacial score (nSPS) is 19.4. The molecule has 0 radical (unpaired) electrons. The van der Waals surface area contributed by atoms with Crippen LogP contribution in [0, 0.1) is 5.92 Å². The first-order valence-corrected chi connectivity index (χ1v) is 11.9. The molecule has 1 aromatic carbocycles. The summed E-state index contributed by atoms with van der Waals surface area (Å²) in [6.45, 7) is 7.26. The van der Waals surface area contributed by atoms with Gasteiger partial charge >= 0.3 is 6.09 Å². The Balaban J connectivity index is 1.32. The van der Waals surface area contributed by atoms with Crippen molar-refractivity contribution in [2.45, 2.75) is 83.5 Å². The predicted molar refractivity (Wildman–Crippen MR) is 121 cm³/mol. The van der Waals surface area contributed by atoms with Gasteiger partial charge in [-0.25, -0.2) is 4.79 Å². The molecule has 0 aromatic heterocycles. The lowest BCUT2D eigenvalue weighted by Crippen LogP contribution is -2.46.